The molecule has 100 valence electrons. The Morgan fingerprint density at radius 1 is 1.21 bits per heavy atom. The van der Waals surface area contributed by atoms with Crippen molar-refractivity contribution in [1.82, 2.24) is 4.57 Å². The monoisotopic (exact) mass is 262 g/mol. The minimum Gasteiger partial charge on any atom is -0.504 e. The van der Waals surface area contributed by atoms with Crippen LogP contribution in [0.3, 0.4) is 0 Å². The van der Waals surface area contributed by atoms with Crippen LogP contribution in [0, 0.1) is 10.1 Å². The van der Waals surface area contributed by atoms with Gasteiger partial charge in [-0.15, -0.1) is 0 Å². The van der Waals surface area contributed by atoms with E-state index < -0.39 is 10.7 Å². The Kier molecular flexibility index (Phi) is 2.58. The summed E-state index contributed by atoms with van der Waals surface area (Å²) in [6.07, 6.45) is 3.55. The van der Waals surface area contributed by atoms with Crippen LogP contribution in [0.25, 0.3) is 10.9 Å². The van der Waals surface area contributed by atoms with Crippen molar-refractivity contribution in [2.24, 2.45) is 0 Å². The van der Waals surface area contributed by atoms with Crippen molar-refractivity contribution in [3.05, 3.63) is 27.9 Å². The van der Waals surface area contributed by atoms with E-state index in [2.05, 4.69) is 0 Å². The summed E-state index contributed by atoms with van der Waals surface area (Å²) in [7, 11) is 0. The molecule has 2 aromatic rings. The summed E-state index contributed by atoms with van der Waals surface area (Å²) in [5, 5.41) is 31.0. The van der Waals surface area contributed by atoms with Gasteiger partial charge >= 0.3 is 5.69 Å². The minimum atomic E-state index is -0.460. The number of phenols is 2. The molecule has 0 amide bonds. The second-order valence-corrected chi connectivity index (χ2v) is 4.84. The molecule has 0 saturated carbocycles. The first-order valence-electron chi connectivity index (χ1n) is 6.31. The largest absolute Gasteiger partial charge is 0.504 e. The second-order valence-electron chi connectivity index (χ2n) is 4.84. The number of hydrogen-bond donors (Lipinski definition) is 2. The Morgan fingerprint density at radius 2 is 2.00 bits per heavy atom. The van der Waals surface area contributed by atoms with Crippen LogP contribution >= 0.6 is 0 Å². The van der Waals surface area contributed by atoms with Crippen LogP contribution in [0.4, 0.5) is 5.69 Å². The van der Waals surface area contributed by atoms with Crippen molar-refractivity contribution in [3.8, 4) is 11.5 Å². The number of aromatic hydroxyl groups is 2. The van der Waals surface area contributed by atoms with Gasteiger partial charge in [-0.1, -0.05) is 6.42 Å². The topological polar surface area (TPSA) is 88.5 Å². The van der Waals surface area contributed by atoms with Gasteiger partial charge in [-0.3, -0.25) is 10.1 Å². The number of hydrogen-bond acceptors (Lipinski definition) is 4. The highest BCUT2D eigenvalue weighted by Gasteiger charge is 2.29. The fourth-order valence-electron chi connectivity index (χ4n) is 2.89. The fourth-order valence-corrected chi connectivity index (χ4v) is 2.89. The van der Waals surface area contributed by atoms with Crippen molar-refractivity contribution >= 4 is 16.6 Å². The molecule has 0 saturated heterocycles. The lowest BCUT2D eigenvalue weighted by atomic mass is 10.1. The van der Waals surface area contributed by atoms with Crippen molar-refractivity contribution in [2.45, 2.75) is 32.2 Å². The molecule has 3 rings (SSSR count). The number of benzene rings is 1. The van der Waals surface area contributed by atoms with Crippen LogP contribution in [0.1, 0.15) is 25.0 Å². The number of rotatable bonds is 1. The third-order valence-electron chi connectivity index (χ3n) is 3.74. The van der Waals surface area contributed by atoms with Gasteiger partial charge < -0.3 is 14.8 Å². The summed E-state index contributed by atoms with van der Waals surface area (Å²) >= 11 is 0. The highest BCUT2D eigenvalue weighted by molar-refractivity contribution is 5.98. The SMILES string of the molecule is O=[N+]([O-])c1c2n(c3ccc(O)c(O)c13)CCCCC2. The van der Waals surface area contributed by atoms with Gasteiger partial charge in [0.2, 0.25) is 0 Å². The quantitative estimate of drug-likeness (QED) is 0.470. The number of aryl methyl sites for hydroxylation is 1. The summed E-state index contributed by atoms with van der Waals surface area (Å²) in [6, 6.07) is 3.01. The normalized spacial score (nSPS) is 15.2. The summed E-state index contributed by atoms with van der Waals surface area (Å²) < 4.78 is 1.90. The molecular weight excluding hydrogens is 248 g/mol. The number of nitro groups is 1. The van der Waals surface area contributed by atoms with E-state index >= 15 is 0 Å². The minimum absolute atomic E-state index is 0.0645. The Morgan fingerprint density at radius 3 is 2.74 bits per heavy atom. The standard InChI is InChI=1S/C13H14N2O4/c16-10-6-5-8-11(13(10)17)12(15(18)19)9-4-2-1-3-7-14(8)9/h5-6,16-17H,1-4,7H2. The number of aromatic nitrogens is 1. The molecule has 0 fully saturated rings. The van der Waals surface area contributed by atoms with Crippen molar-refractivity contribution in [1.29, 1.82) is 0 Å². The first-order valence-corrected chi connectivity index (χ1v) is 6.31. The van der Waals surface area contributed by atoms with Gasteiger partial charge in [0.05, 0.1) is 16.1 Å². The highest BCUT2D eigenvalue weighted by Crippen LogP contribution is 2.44. The lowest BCUT2D eigenvalue weighted by Crippen LogP contribution is -2.01. The Labute approximate surface area is 109 Å². The molecule has 6 heteroatoms. The Bertz CT molecular complexity index is 675. The van der Waals surface area contributed by atoms with E-state index in [1.54, 1.807) is 6.07 Å². The zero-order valence-corrected chi connectivity index (χ0v) is 10.3. The zero-order chi connectivity index (χ0) is 13.6. The van der Waals surface area contributed by atoms with Crippen molar-refractivity contribution in [2.75, 3.05) is 0 Å². The first-order chi connectivity index (χ1) is 9.11. The van der Waals surface area contributed by atoms with Gasteiger partial charge in [0.25, 0.3) is 0 Å². The number of nitrogens with zero attached hydrogens (tertiary/aromatic N) is 2. The lowest BCUT2D eigenvalue weighted by molar-refractivity contribution is -0.383. The zero-order valence-electron chi connectivity index (χ0n) is 10.3. The molecule has 0 aliphatic carbocycles. The fraction of sp³-hybridized carbons (Fsp3) is 0.385. The molecule has 1 aromatic heterocycles. The molecular formula is C13H14N2O4. The first kappa shape index (κ1) is 11.8. The maximum atomic E-state index is 11.3. The molecule has 0 atom stereocenters. The summed E-state index contributed by atoms with van der Waals surface area (Å²) in [4.78, 5) is 10.9. The molecule has 0 radical (unpaired) electrons. The van der Waals surface area contributed by atoms with Crippen LogP contribution in [-0.2, 0) is 13.0 Å². The Hall–Kier alpha value is -2.24. The summed E-state index contributed by atoms with van der Waals surface area (Å²) in [6.45, 7) is 0.712. The van der Waals surface area contributed by atoms with Crippen molar-refractivity contribution in [3.63, 3.8) is 0 Å². The Balaban J connectivity index is 2.43. The molecule has 19 heavy (non-hydrogen) atoms. The van der Waals surface area contributed by atoms with E-state index in [0.717, 1.165) is 19.3 Å². The maximum absolute atomic E-state index is 11.3. The average Bonchev–Trinajstić information content (AvgIpc) is 2.53. The molecule has 1 aromatic carbocycles. The van der Waals surface area contributed by atoms with Gasteiger partial charge in [0.1, 0.15) is 5.39 Å². The van der Waals surface area contributed by atoms with E-state index in [9.17, 15) is 20.3 Å². The molecule has 1 aliphatic rings. The molecule has 0 unspecified atom stereocenters. The molecule has 2 N–H and O–H groups in total. The second kappa shape index (κ2) is 4.15. The molecule has 1 aliphatic heterocycles. The number of fused-ring (bicyclic) bond motifs is 3. The van der Waals surface area contributed by atoms with Gasteiger partial charge in [-0.25, -0.2) is 0 Å². The van der Waals surface area contributed by atoms with Gasteiger partial charge in [0.15, 0.2) is 11.5 Å². The van der Waals surface area contributed by atoms with E-state index in [4.69, 9.17) is 0 Å². The van der Waals surface area contributed by atoms with Crippen LogP contribution in [0.5, 0.6) is 11.5 Å². The van der Waals surface area contributed by atoms with E-state index in [1.807, 2.05) is 4.57 Å². The van der Waals surface area contributed by atoms with Crippen molar-refractivity contribution < 1.29 is 15.1 Å². The van der Waals surface area contributed by atoms with E-state index in [0.29, 0.717) is 24.2 Å². The predicted octanol–water partition coefficient (Wildman–Crippen LogP) is 2.69. The van der Waals surface area contributed by atoms with Gasteiger partial charge in [-0.2, -0.15) is 0 Å². The van der Waals surface area contributed by atoms with Crippen LogP contribution < -0.4 is 0 Å². The van der Waals surface area contributed by atoms with Gasteiger partial charge in [0, 0.05) is 6.54 Å². The van der Waals surface area contributed by atoms with Crippen LogP contribution in [0.2, 0.25) is 0 Å². The average molecular weight is 262 g/mol. The predicted molar refractivity (Wildman–Crippen MR) is 69.5 cm³/mol. The molecule has 6 nitrogen and oxygen atoms in total. The van der Waals surface area contributed by atoms with E-state index in [1.165, 1.54) is 6.07 Å². The van der Waals surface area contributed by atoms with Crippen LogP contribution in [0.15, 0.2) is 12.1 Å². The highest BCUT2D eigenvalue weighted by atomic mass is 16.6. The summed E-state index contributed by atoms with van der Waals surface area (Å²) in [5.41, 5.74) is 1.21. The maximum Gasteiger partial charge on any atom is 0.301 e. The summed E-state index contributed by atoms with van der Waals surface area (Å²) in [5.74, 6) is -0.721. The number of phenolic OH excluding ortho intramolecular Hbond substituents is 2. The molecule has 2 heterocycles. The third kappa shape index (κ3) is 1.63. The van der Waals surface area contributed by atoms with E-state index in [-0.39, 0.29) is 16.8 Å². The van der Waals surface area contributed by atoms with Crippen LogP contribution in [-0.4, -0.2) is 19.7 Å². The third-order valence-corrected chi connectivity index (χ3v) is 3.74. The molecule has 0 bridgehead atoms. The lowest BCUT2D eigenvalue weighted by Gasteiger charge is -2.05. The smallest absolute Gasteiger partial charge is 0.301 e. The van der Waals surface area contributed by atoms with Gasteiger partial charge in [-0.05, 0) is 31.4 Å². The molecule has 0 spiro atoms.